The van der Waals surface area contributed by atoms with Crippen LogP contribution in [0, 0.1) is 11.7 Å². The summed E-state index contributed by atoms with van der Waals surface area (Å²) >= 11 is 0. The molecule has 1 heterocycles. The van der Waals surface area contributed by atoms with E-state index in [1.165, 1.54) is 31.7 Å². The van der Waals surface area contributed by atoms with Crippen LogP contribution in [0.3, 0.4) is 0 Å². The van der Waals surface area contributed by atoms with Crippen LogP contribution in [0.2, 0.25) is 0 Å². The molecule has 0 spiro atoms. The highest BCUT2D eigenvalue weighted by Gasteiger charge is 2.28. The fourth-order valence-corrected chi connectivity index (χ4v) is 3.38. The van der Waals surface area contributed by atoms with Crippen molar-refractivity contribution < 1.29 is 9.13 Å². The normalized spacial score (nSPS) is 28.7. The molecule has 2 aliphatic rings. The molecule has 1 aliphatic carbocycles. The zero-order valence-corrected chi connectivity index (χ0v) is 11.3. The number of rotatable bonds is 3. The van der Waals surface area contributed by atoms with E-state index in [1.54, 1.807) is 6.07 Å². The Morgan fingerprint density at radius 3 is 2.74 bits per heavy atom. The lowest BCUT2D eigenvalue weighted by Gasteiger charge is -2.32. The predicted octanol–water partition coefficient (Wildman–Crippen LogP) is 3.44. The second kappa shape index (κ2) is 6.02. The first-order valence-electron chi connectivity index (χ1n) is 7.43. The second-order valence-electron chi connectivity index (χ2n) is 5.81. The molecule has 2 unspecified atom stereocenters. The SMILES string of the molecule is Fc1ccccc1C1CNCC(CC2CCCC2)O1. The molecule has 1 saturated heterocycles. The van der Waals surface area contributed by atoms with Gasteiger partial charge in [0.25, 0.3) is 0 Å². The van der Waals surface area contributed by atoms with E-state index in [0.717, 1.165) is 18.9 Å². The van der Waals surface area contributed by atoms with Gasteiger partial charge in [0.2, 0.25) is 0 Å². The van der Waals surface area contributed by atoms with Gasteiger partial charge in [0.15, 0.2) is 0 Å². The zero-order valence-electron chi connectivity index (χ0n) is 11.3. The van der Waals surface area contributed by atoms with Gasteiger partial charge in [0.05, 0.1) is 12.2 Å². The van der Waals surface area contributed by atoms with Crippen LogP contribution >= 0.6 is 0 Å². The van der Waals surface area contributed by atoms with Gasteiger partial charge in [-0.05, 0) is 18.4 Å². The zero-order chi connectivity index (χ0) is 13.1. The maximum Gasteiger partial charge on any atom is 0.129 e. The summed E-state index contributed by atoms with van der Waals surface area (Å²) in [4.78, 5) is 0. The first-order chi connectivity index (χ1) is 9.33. The minimum absolute atomic E-state index is 0.138. The lowest BCUT2D eigenvalue weighted by atomic mass is 9.98. The highest BCUT2D eigenvalue weighted by Crippen LogP contribution is 2.32. The van der Waals surface area contributed by atoms with Gasteiger partial charge in [-0.3, -0.25) is 0 Å². The molecule has 3 heteroatoms. The van der Waals surface area contributed by atoms with Gasteiger partial charge in [0.1, 0.15) is 5.82 Å². The Hall–Kier alpha value is -0.930. The van der Waals surface area contributed by atoms with Crippen molar-refractivity contribution in [1.29, 1.82) is 0 Å². The van der Waals surface area contributed by atoms with Crippen LogP contribution in [0.5, 0.6) is 0 Å². The Labute approximate surface area is 114 Å². The Bertz CT molecular complexity index is 417. The lowest BCUT2D eigenvalue weighted by Crippen LogP contribution is -2.41. The van der Waals surface area contributed by atoms with Gasteiger partial charge in [-0.2, -0.15) is 0 Å². The van der Waals surface area contributed by atoms with Crippen molar-refractivity contribution >= 4 is 0 Å². The molecular formula is C16H22FNO. The molecule has 1 N–H and O–H groups in total. The average molecular weight is 263 g/mol. The third-order valence-corrected chi connectivity index (χ3v) is 4.38. The van der Waals surface area contributed by atoms with Crippen molar-refractivity contribution in [2.24, 2.45) is 5.92 Å². The molecule has 2 fully saturated rings. The maximum atomic E-state index is 13.8. The Morgan fingerprint density at radius 1 is 1.16 bits per heavy atom. The third kappa shape index (κ3) is 3.15. The smallest absolute Gasteiger partial charge is 0.129 e. The van der Waals surface area contributed by atoms with Gasteiger partial charge < -0.3 is 10.1 Å². The summed E-state index contributed by atoms with van der Waals surface area (Å²) in [5.74, 6) is 0.655. The van der Waals surface area contributed by atoms with Gasteiger partial charge >= 0.3 is 0 Å². The fourth-order valence-electron chi connectivity index (χ4n) is 3.38. The monoisotopic (exact) mass is 263 g/mol. The van der Waals surface area contributed by atoms with Crippen molar-refractivity contribution in [3.05, 3.63) is 35.6 Å². The van der Waals surface area contributed by atoms with E-state index in [9.17, 15) is 4.39 Å². The maximum absolute atomic E-state index is 13.8. The quantitative estimate of drug-likeness (QED) is 0.902. The molecule has 3 rings (SSSR count). The molecule has 0 aromatic heterocycles. The van der Waals surface area contributed by atoms with E-state index in [2.05, 4.69) is 5.32 Å². The molecule has 1 aliphatic heterocycles. The number of ether oxygens (including phenoxy) is 1. The summed E-state index contributed by atoms with van der Waals surface area (Å²) in [6.07, 6.45) is 6.62. The number of halogens is 1. The lowest BCUT2D eigenvalue weighted by molar-refractivity contribution is -0.0503. The highest BCUT2D eigenvalue weighted by atomic mass is 19.1. The van der Waals surface area contributed by atoms with Crippen molar-refractivity contribution in [2.75, 3.05) is 13.1 Å². The fraction of sp³-hybridized carbons (Fsp3) is 0.625. The number of morpholine rings is 1. The number of benzene rings is 1. The molecule has 2 atom stereocenters. The molecule has 1 aromatic rings. The number of hydrogen-bond donors (Lipinski definition) is 1. The van der Waals surface area contributed by atoms with Gasteiger partial charge in [-0.1, -0.05) is 43.9 Å². The van der Waals surface area contributed by atoms with Crippen LogP contribution in [-0.4, -0.2) is 19.2 Å². The third-order valence-electron chi connectivity index (χ3n) is 4.38. The van der Waals surface area contributed by atoms with Crippen molar-refractivity contribution in [3.8, 4) is 0 Å². The molecule has 2 nitrogen and oxygen atoms in total. The second-order valence-corrected chi connectivity index (χ2v) is 5.81. The predicted molar refractivity (Wildman–Crippen MR) is 73.5 cm³/mol. The molecule has 1 aromatic carbocycles. The summed E-state index contributed by atoms with van der Waals surface area (Å²) in [5.41, 5.74) is 0.686. The molecule has 1 saturated carbocycles. The van der Waals surface area contributed by atoms with E-state index in [1.807, 2.05) is 12.1 Å². The molecule has 0 amide bonds. The molecular weight excluding hydrogens is 241 g/mol. The summed E-state index contributed by atoms with van der Waals surface area (Å²) in [7, 11) is 0. The summed E-state index contributed by atoms with van der Waals surface area (Å²) < 4.78 is 19.9. The van der Waals surface area contributed by atoms with Gasteiger partial charge in [-0.15, -0.1) is 0 Å². The Balaban J connectivity index is 1.62. The first-order valence-corrected chi connectivity index (χ1v) is 7.43. The number of nitrogens with one attached hydrogen (secondary N) is 1. The Morgan fingerprint density at radius 2 is 1.95 bits per heavy atom. The Kier molecular flexibility index (Phi) is 4.14. The summed E-state index contributed by atoms with van der Waals surface area (Å²) in [5, 5.41) is 3.39. The molecule has 104 valence electrons. The van der Waals surface area contributed by atoms with E-state index in [-0.39, 0.29) is 18.0 Å². The van der Waals surface area contributed by atoms with E-state index >= 15 is 0 Å². The van der Waals surface area contributed by atoms with Crippen LogP contribution in [0.25, 0.3) is 0 Å². The first kappa shape index (κ1) is 13.1. The van der Waals surface area contributed by atoms with Crippen molar-refractivity contribution in [1.82, 2.24) is 5.32 Å². The molecule has 0 bridgehead atoms. The molecule has 19 heavy (non-hydrogen) atoms. The number of hydrogen-bond acceptors (Lipinski definition) is 2. The van der Waals surface area contributed by atoms with E-state index < -0.39 is 0 Å². The van der Waals surface area contributed by atoms with Crippen molar-refractivity contribution in [3.63, 3.8) is 0 Å². The van der Waals surface area contributed by atoms with Crippen LogP contribution in [0.15, 0.2) is 24.3 Å². The highest BCUT2D eigenvalue weighted by molar-refractivity contribution is 5.20. The van der Waals surface area contributed by atoms with Gasteiger partial charge in [-0.25, -0.2) is 4.39 Å². The minimum Gasteiger partial charge on any atom is -0.368 e. The molecule has 0 radical (unpaired) electrons. The van der Waals surface area contributed by atoms with E-state index in [4.69, 9.17) is 4.74 Å². The standard InChI is InChI=1S/C16H22FNO/c17-15-8-4-3-7-14(15)16-11-18-10-13(19-16)9-12-5-1-2-6-12/h3-4,7-8,12-13,16,18H,1-2,5-6,9-11H2. The van der Waals surface area contributed by atoms with Crippen LogP contribution < -0.4 is 5.32 Å². The minimum atomic E-state index is -0.157. The summed E-state index contributed by atoms with van der Waals surface area (Å²) in [6, 6.07) is 6.95. The van der Waals surface area contributed by atoms with Crippen molar-refractivity contribution in [2.45, 2.75) is 44.3 Å². The summed E-state index contributed by atoms with van der Waals surface area (Å²) in [6.45, 7) is 1.61. The largest absolute Gasteiger partial charge is 0.368 e. The van der Waals surface area contributed by atoms with E-state index in [0.29, 0.717) is 12.1 Å². The van der Waals surface area contributed by atoms with Crippen LogP contribution in [0.4, 0.5) is 4.39 Å². The average Bonchev–Trinajstić information content (AvgIpc) is 2.92. The van der Waals surface area contributed by atoms with Gasteiger partial charge in [0, 0.05) is 18.7 Å². The van der Waals surface area contributed by atoms with Crippen LogP contribution in [-0.2, 0) is 4.74 Å². The van der Waals surface area contributed by atoms with Crippen LogP contribution in [0.1, 0.15) is 43.8 Å². The topological polar surface area (TPSA) is 21.3 Å².